The SMILES string of the molecule is Cc1ccc(C(=O)O)cc1NC(=O)N1CCCSCC1. The van der Waals surface area contributed by atoms with Gasteiger partial charge in [0.25, 0.3) is 0 Å². The smallest absolute Gasteiger partial charge is 0.335 e. The quantitative estimate of drug-likeness (QED) is 0.880. The third-order valence-corrected chi connectivity index (χ3v) is 4.28. The average molecular weight is 294 g/mol. The largest absolute Gasteiger partial charge is 0.478 e. The molecule has 1 fully saturated rings. The first-order valence-electron chi connectivity index (χ1n) is 6.55. The number of carboxylic acid groups (broad SMARTS) is 1. The van der Waals surface area contributed by atoms with E-state index in [1.54, 1.807) is 11.0 Å². The van der Waals surface area contributed by atoms with Crippen molar-refractivity contribution in [1.82, 2.24) is 4.90 Å². The molecule has 0 aromatic heterocycles. The molecule has 2 amide bonds. The summed E-state index contributed by atoms with van der Waals surface area (Å²) in [7, 11) is 0. The predicted octanol–water partition coefficient (Wildman–Crippen LogP) is 2.66. The second-order valence-electron chi connectivity index (χ2n) is 4.72. The normalized spacial score (nSPS) is 15.6. The van der Waals surface area contributed by atoms with Crippen LogP contribution < -0.4 is 5.32 Å². The van der Waals surface area contributed by atoms with Crippen LogP contribution in [-0.4, -0.2) is 46.6 Å². The number of urea groups is 1. The first-order chi connectivity index (χ1) is 9.58. The van der Waals surface area contributed by atoms with Crippen molar-refractivity contribution in [1.29, 1.82) is 0 Å². The molecule has 108 valence electrons. The van der Waals surface area contributed by atoms with Crippen LogP contribution in [0.2, 0.25) is 0 Å². The average Bonchev–Trinajstić information content (AvgIpc) is 2.70. The van der Waals surface area contributed by atoms with E-state index in [0.29, 0.717) is 5.69 Å². The van der Waals surface area contributed by atoms with Crippen molar-refractivity contribution >= 4 is 29.4 Å². The second kappa shape index (κ2) is 6.65. The van der Waals surface area contributed by atoms with Crippen LogP contribution in [0.1, 0.15) is 22.3 Å². The van der Waals surface area contributed by atoms with E-state index in [4.69, 9.17) is 5.11 Å². The summed E-state index contributed by atoms with van der Waals surface area (Å²) in [6.07, 6.45) is 0.992. The minimum atomic E-state index is -0.994. The lowest BCUT2D eigenvalue weighted by Gasteiger charge is -2.21. The van der Waals surface area contributed by atoms with E-state index >= 15 is 0 Å². The molecule has 0 saturated carbocycles. The van der Waals surface area contributed by atoms with Gasteiger partial charge in [0.1, 0.15) is 0 Å². The number of carbonyl (C=O) groups is 2. The Bertz CT molecular complexity index is 511. The van der Waals surface area contributed by atoms with Crippen LogP contribution in [0.5, 0.6) is 0 Å². The molecular weight excluding hydrogens is 276 g/mol. The highest BCUT2D eigenvalue weighted by atomic mass is 32.2. The van der Waals surface area contributed by atoms with Gasteiger partial charge in [-0.3, -0.25) is 0 Å². The van der Waals surface area contributed by atoms with E-state index in [1.165, 1.54) is 12.1 Å². The maximum Gasteiger partial charge on any atom is 0.335 e. The van der Waals surface area contributed by atoms with Crippen molar-refractivity contribution in [2.75, 3.05) is 29.9 Å². The van der Waals surface area contributed by atoms with Crippen molar-refractivity contribution in [2.24, 2.45) is 0 Å². The predicted molar refractivity (Wildman–Crippen MR) is 80.7 cm³/mol. The van der Waals surface area contributed by atoms with E-state index in [-0.39, 0.29) is 11.6 Å². The van der Waals surface area contributed by atoms with Gasteiger partial charge in [-0.1, -0.05) is 6.07 Å². The molecule has 0 radical (unpaired) electrons. The number of hydrogen-bond acceptors (Lipinski definition) is 3. The fourth-order valence-electron chi connectivity index (χ4n) is 2.03. The lowest BCUT2D eigenvalue weighted by atomic mass is 10.1. The monoisotopic (exact) mass is 294 g/mol. The zero-order valence-electron chi connectivity index (χ0n) is 11.4. The maximum absolute atomic E-state index is 12.2. The number of thioether (sulfide) groups is 1. The van der Waals surface area contributed by atoms with Crippen LogP contribution in [0.4, 0.5) is 10.5 Å². The molecule has 1 aromatic rings. The molecule has 0 unspecified atom stereocenters. The lowest BCUT2D eigenvalue weighted by molar-refractivity contribution is 0.0697. The van der Waals surface area contributed by atoms with Gasteiger partial charge in [0.05, 0.1) is 5.56 Å². The van der Waals surface area contributed by atoms with E-state index < -0.39 is 5.97 Å². The number of aromatic carboxylic acids is 1. The number of rotatable bonds is 2. The molecule has 0 atom stereocenters. The van der Waals surface area contributed by atoms with Gasteiger partial charge >= 0.3 is 12.0 Å². The molecule has 0 aliphatic carbocycles. The number of amides is 2. The number of carboxylic acids is 1. The van der Waals surface area contributed by atoms with Crippen LogP contribution in [0.15, 0.2) is 18.2 Å². The van der Waals surface area contributed by atoms with E-state index in [9.17, 15) is 9.59 Å². The van der Waals surface area contributed by atoms with Gasteiger partial charge in [-0.15, -0.1) is 0 Å². The molecule has 0 spiro atoms. The third kappa shape index (κ3) is 3.66. The summed E-state index contributed by atoms with van der Waals surface area (Å²) in [6, 6.07) is 4.59. The number of nitrogens with zero attached hydrogens (tertiary/aromatic N) is 1. The number of carbonyl (C=O) groups excluding carboxylic acids is 1. The Labute approximate surface area is 122 Å². The van der Waals surface area contributed by atoms with Crippen molar-refractivity contribution in [2.45, 2.75) is 13.3 Å². The molecule has 6 heteroatoms. The molecule has 1 saturated heterocycles. The number of nitrogens with one attached hydrogen (secondary N) is 1. The fraction of sp³-hybridized carbons (Fsp3) is 0.429. The van der Waals surface area contributed by atoms with Crippen molar-refractivity contribution in [3.63, 3.8) is 0 Å². The summed E-state index contributed by atoms with van der Waals surface area (Å²) in [5, 5.41) is 11.8. The van der Waals surface area contributed by atoms with Crippen molar-refractivity contribution in [3.05, 3.63) is 29.3 Å². The van der Waals surface area contributed by atoms with Gasteiger partial charge in [-0.05, 0) is 36.8 Å². The van der Waals surface area contributed by atoms with Gasteiger partial charge in [-0.25, -0.2) is 9.59 Å². The molecule has 20 heavy (non-hydrogen) atoms. The van der Waals surface area contributed by atoms with Crippen molar-refractivity contribution in [3.8, 4) is 0 Å². The van der Waals surface area contributed by atoms with Crippen LogP contribution in [0.25, 0.3) is 0 Å². The first kappa shape index (κ1) is 14.7. The fourth-order valence-corrected chi connectivity index (χ4v) is 2.92. The molecule has 1 aliphatic rings. The zero-order valence-corrected chi connectivity index (χ0v) is 12.2. The Balaban J connectivity index is 2.10. The van der Waals surface area contributed by atoms with Crippen molar-refractivity contribution < 1.29 is 14.7 Å². The first-order valence-corrected chi connectivity index (χ1v) is 7.71. The number of anilines is 1. The Morgan fingerprint density at radius 3 is 2.85 bits per heavy atom. The van der Waals surface area contributed by atoms with Gasteiger partial charge < -0.3 is 15.3 Å². The number of hydrogen-bond donors (Lipinski definition) is 2. The van der Waals surface area contributed by atoms with E-state index in [0.717, 1.165) is 36.6 Å². The summed E-state index contributed by atoms with van der Waals surface area (Å²) >= 11 is 1.85. The summed E-state index contributed by atoms with van der Waals surface area (Å²) in [4.78, 5) is 25.0. The van der Waals surface area contributed by atoms with Gasteiger partial charge in [-0.2, -0.15) is 11.8 Å². The highest BCUT2D eigenvalue weighted by Gasteiger charge is 2.17. The molecule has 5 nitrogen and oxygen atoms in total. The summed E-state index contributed by atoms with van der Waals surface area (Å²) in [5.41, 5.74) is 1.59. The molecule has 1 aliphatic heterocycles. The highest BCUT2D eigenvalue weighted by molar-refractivity contribution is 7.99. The molecule has 2 rings (SSSR count). The Morgan fingerprint density at radius 1 is 1.30 bits per heavy atom. The van der Waals surface area contributed by atoms with Crippen LogP contribution in [0, 0.1) is 6.92 Å². The van der Waals surface area contributed by atoms with E-state index in [2.05, 4.69) is 5.32 Å². The summed E-state index contributed by atoms with van der Waals surface area (Å²) in [5.74, 6) is 1.03. The van der Waals surface area contributed by atoms with Crippen LogP contribution in [-0.2, 0) is 0 Å². The number of benzene rings is 1. The molecule has 1 aromatic carbocycles. The lowest BCUT2D eigenvalue weighted by Crippen LogP contribution is -2.36. The van der Waals surface area contributed by atoms with Gasteiger partial charge in [0.2, 0.25) is 0 Å². The minimum absolute atomic E-state index is 0.155. The van der Waals surface area contributed by atoms with E-state index in [1.807, 2.05) is 18.7 Å². The Hall–Kier alpha value is -1.69. The Morgan fingerprint density at radius 2 is 2.10 bits per heavy atom. The molecular formula is C14H18N2O3S. The minimum Gasteiger partial charge on any atom is -0.478 e. The van der Waals surface area contributed by atoms with Gasteiger partial charge in [0, 0.05) is 24.5 Å². The second-order valence-corrected chi connectivity index (χ2v) is 5.94. The zero-order chi connectivity index (χ0) is 14.5. The van der Waals surface area contributed by atoms with Crippen LogP contribution in [0.3, 0.4) is 0 Å². The van der Waals surface area contributed by atoms with Crippen LogP contribution >= 0.6 is 11.8 Å². The Kier molecular flexibility index (Phi) is 4.89. The maximum atomic E-state index is 12.2. The highest BCUT2D eigenvalue weighted by Crippen LogP contribution is 2.18. The molecule has 2 N–H and O–H groups in total. The molecule has 1 heterocycles. The number of aryl methyl sites for hydroxylation is 1. The topological polar surface area (TPSA) is 69.6 Å². The third-order valence-electron chi connectivity index (χ3n) is 3.24. The molecule has 0 bridgehead atoms. The van der Waals surface area contributed by atoms with Gasteiger partial charge in [0.15, 0.2) is 0 Å². The summed E-state index contributed by atoms with van der Waals surface area (Å²) < 4.78 is 0. The standard InChI is InChI=1S/C14H18N2O3S/c1-10-3-4-11(13(17)18)9-12(10)15-14(19)16-5-2-7-20-8-6-16/h3-4,9H,2,5-8H2,1H3,(H,15,19)(H,17,18). The summed E-state index contributed by atoms with van der Waals surface area (Å²) in [6.45, 7) is 3.32.